The molecule has 38 heteroatoms. The largest absolute Gasteiger partial charge is 0.494 e. The number of H-pyrrole nitrogens is 1. The minimum Gasteiger partial charge on any atom is -0.494 e. The SMILES string of the molecule is COc1cc(F)c([N+](=O)[O-])cc1N.COc1cc(F)c([N+](=O)[O-])cc1Nc1nccc(-n2ccc3c(OCc4ccccc4)cccc32)n1.COc1cc(N(C)CCN(C)C)c([N+](=O)[O-])cc1Nc1nccc(-n2ccc3c(OCc4ccccc4)cccc32)n1.Clc1ccnc(Cl)n1.Clc1nccc(-n2ccc3c(OCc4ccccc4)cccc32)n1.c1ccc(COc2cccc3[nH]ccc23)cc1. The van der Waals surface area contributed by atoms with E-state index in [0.717, 1.165) is 120 Å². The van der Waals surface area contributed by atoms with Crippen molar-refractivity contribution in [3.05, 3.63) is 409 Å². The second-order valence-corrected chi connectivity index (χ2v) is 31.6. The van der Waals surface area contributed by atoms with Crippen LogP contribution in [-0.4, -0.2) is 134 Å². The molecule has 0 amide bonds. The number of nitrogens with two attached hydrogens (primary N) is 1. The number of methoxy groups -OCH3 is 3. The topological polar surface area (TPSA) is 384 Å². The average Bonchev–Trinajstić information content (AvgIpc) is 1.62. The van der Waals surface area contributed by atoms with Crippen LogP contribution in [0.25, 0.3) is 61.1 Å². The molecule has 8 heterocycles. The van der Waals surface area contributed by atoms with E-state index in [1.807, 2.05) is 282 Å². The van der Waals surface area contributed by atoms with E-state index in [0.29, 0.717) is 66.9 Å². The summed E-state index contributed by atoms with van der Waals surface area (Å²) in [5.74, 6) is 4.26. The number of halogens is 5. The number of likely N-dealkylation sites (N-methyl/N-ethyl adjacent to an activating group) is 2. The maximum Gasteiger partial charge on any atom is 0.307 e. The van der Waals surface area contributed by atoms with Crippen LogP contribution in [0.4, 0.5) is 60.5 Å². The molecule has 19 rings (SSSR count). The minimum atomic E-state index is -0.999. The highest BCUT2D eigenvalue weighted by Gasteiger charge is 2.26. The van der Waals surface area contributed by atoms with Gasteiger partial charge in [0.15, 0.2) is 0 Å². The Morgan fingerprint density at radius 1 is 0.393 bits per heavy atom. The molecule has 0 spiro atoms. The fourth-order valence-corrected chi connectivity index (χ4v) is 14.7. The molecule has 19 aromatic rings. The van der Waals surface area contributed by atoms with E-state index in [-0.39, 0.29) is 51.0 Å². The van der Waals surface area contributed by atoms with E-state index in [4.69, 9.17) is 73.9 Å². The van der Waals surface area contributed by atoms with Crippen molar-refractivity contribution in [2.75, 3.05) is 76.8 Å². The lowest BCUT2D eigenvalue weighted by atomic mass is 10.2. The molecule has 0 bridgehead atoms. The Kier molecular flexibility index (Phi) is 33.6. The first-order chi connectivity index (χ1) is 68.0. The van der Waals surface area contributed by atoms with Gasteiger partial charge in [-0.15, -0.1) is 0 Å². The first-order valence-corrected chi connectivity index (χ1v) is 44.0. The first-order valence-electron chi connectivity index (χ1n) is 42.9. The number of nitrogens with zero attached hydrogens (tertiary/aromatic N) is 16. The molecule has 0 atom stereocenters. The van der Waals surface area contributed by atoms with Crippen molar-refractivity contribution in [2.24, 2.45) is 0 Å². The third-order valence-corrected chi connectivity index (χ3v) is 21.6. The molecule has 710 valence electrons. The number of ether oxygens (including phenoxy) is 7. The monoisotopic (exact) mass is 1940 g/mol. The zero-order valence-electron chi connectivity index (χ0n) is 75.8. The zero-order valence-corrected chi connectivity index (χ0v) is 78.1. The molecule has 8 aromatic heterocycles. The summed E-state index contributed by atoms with van der Waals surface area (Å²) in [7, 11) is 9.91. The van der Waals surface area contributed by atoms with Crippen LogP contribution in [-0.2, 0) is 26.4 Å². The molecule has 140 heavy (non-hydrogen) atoms. The second-order valence-electron chi connectivity index (χ2n) is 30.6. The summed E-state index contributed by atoms with van der Waals surface area (Å²) in [6.07, 6.45) is 14.0. The third kappa shape index (κ3) is 25.8. The van der Waals surface area contributed by atoms with Crippen LogP contribution in [0.2, 0.25) is 15.7 Å². The van der Waals surface area contributed by atoms with E-state index < -0.39 is 37.8 Å². The number of fused-ring (bicyclic) bond motifs is 4. The van der Waals surface area contributed by atoms with E-state index in [9.17, 15) is 39.1 Å². The standard InChI is InChI=1S/C31H33N7O4.C26H20FN5O4.C19H14ClN3O.C15H13NO.C7H7FN2O3.C4H2Cl2N2/c1-35(2)17-18-36(3)26-20-29(41-4)24(19-27(26)38(39)40)33-31-32-15-13-30(34-31)37-16-14-23-25(37)11-8-12-28(23)42-21-22-9-6-5-7-10-22;1-35-24-14-19(27)22(32(33)34)15-20(24)29-26-28-12-10-25(30-26)31-13-11-18-21(31)8-5-9-23(18)36-16-17-6-3-2-4-7-17;20-19-21-11-9-18(22-19)23-12-10-15-16(23)7-4-8-17(15)24-13-14-5-2-1-3-6-14;1-2-5-12(6-3-1)11-17-15-8-4-7-14-13(15)9-10-16-14;1-13-7-2-4(8)6(10(11)12)3-5(7)9;5-3-1-2-7-4(6)8-3/h5-16,19-20H,17-18,21H2,1-4H3,(H,32,33,34);2-15H,16H2,1H3,(H,28,29,30);1-12H,13H2;1-10,16H,11H2;2-3H,9H2,1H3;1-2H. The molecule has 0 unspecified atom stereocenters. The van der Waals surface area contributed by atoms with Crippen LogP contribution < -0.4 is 54.4 Å². The van der Waals surface area contributed by atoms with Crippen molar-refractivity contribution in [3.63, 3.8) is 0 Å². The second kappa shape index (κ2) is 47.7. The summed E-state index contributed by atoms with van der Waals surface area (Å²) in [4.78, 5) is 71.6. The van der Waals surface area contributed by atoms with Crippen LogP contribution in [0, 0.1) is 42.0 Å². The Bertz CT molecular complexity index is 7450. The molecular formula is C102H89Cl3F2N20O13. The van der Waals surface area contributed by atoms with Crippen molar-refractivity contribution in [1.82, 2.24) is 63.5 Å². The highest BCUT2D eigenvalue weighted by molar-refractivity contribution is 6.31. The molecular weight excluding hydrogens is 1860 g/mol. The number of anilines is 6. The molecule has 0 aliphatic rings. The van der Waals surface area contributed by atoms with Gasteiger partial charge in [0.25, 0.3) is 5.69 Å². The molecule has 0 saturated carbocycles. The fraction of sp³-hybridized carbons (Fsp3) is 0.118. The number of nitrogen functional groups attached to an aromatic ring is 1. The molecule has 0 fully saturated rings. The number of aromatic nitrogens is 12. The van der Waals surface area contributed by atoms with Crippen molar-refractivity contribution in [2.45, 2.75) is 26.4 Å². The molecule has 11 aromatic carbocycles. The number of nitro benzene ring substituents is 3. The van der Waals surface area contributed by atoms with Gasteiger partial charge in [-0.3, -0.25) is 30.3 Å². The van der Waals surface area contributed by atoms with Crippen molar-refractivity contribution >= 4 is 130 Å². The summed E-state index contributed by atoms with van der Waals surface area (Å²) in [5, 5.41) is 44.2. The van der Waals surface area contributed by atoms with Crippen molar-refractivity contribution in [3.8, 4) is 57.7 Å². The lowest BCUT2D eigenvalue weighted by Crippen LogP contribution is -2.28. The van der Waals surface area contributed by atoms with Crippen LogP contribution >= 0.6 is 34.8 Å². The number of nitro groups is 3. The lowest BCUT2D eigenvalue weighted by Gasteiger charge is -2.22. The van der Waals surface area contributed by atoms with E-state index in [1.165, 1.54) is 39.2 Å². The molecule has 0 radical (unpaired) electrons. The summed E-state index contributed by atoms with van der Waals surface area (Å²) in [6.45, 7) is 3.39. The van der Waals surface area contributed by atoms with Gasteiger partial charge in [0.05, 0.1) is 69.7 Å². The van der Waals surface area contributed by atoms with Gasteiger partial charge < -0.3 is 78.0 Å². The summed E-state index contributed by atoms with van der Waals surface area (Å²) in [6, 6.07) is 85.7. The third-order valence-electron chi connectivity index (χ3n) is 21.0. The predicted molar refractivity (Wildman–Crippen MR) is 537 cm³/mol. The van der Waals surface area contributed by atoms with Gasteiger partial charge in [-0.25, -0.2) is 24.9 Å². The van der Waals surface area contributed by atoms with E-state index >= 15 is 0 Å². The Morgan fingerprint density at radius 3 is 1.16 bits per heavy atom. The number of hydrogen-bond acceptors (Lipinski definition) is 26. The van der Waals surface area contributed by atoms with Crippen LogP contribution in [0.1, 0.15) is 22.3 Å². The van der Waals surface area contributed by atoms with Crippen LogP contribution in [0.5, 0.6) is 40.2 Å². The fourth-order valence-electron chi connectivity index (χ4n) is 14.2. The Balaban J connectivity index is 0.000000143. The molecule has 0 aliphatic carbocycles. The number of hydrogen-bond donors (Lipinski definition) is 4. The van der Waals surface area contributed by atoms with E-state index in [1.54, 1.807) is 42.9 Å². The van der Waals surface area contributed by atoms with Gasteiger partial charge in [0.2, 0.25) is 34.1 Å². The van der Waals surface area contributed by atoms with Gasteiger partial charge in [-0.2, -0.15) is 23.7 Å². The summed E-state index contributed by atoms with van der Waals surface area (Å²) >= 11 is 16.6. The lowest BCUT2D eigenvalue weighted by molar-refractivity contribution is -0.387. The van der Waals surface area contributed by atoms with Gasteiger partial charge in [0, 0.05) is 133 Å². The van der Waals surface area contributed by atoms with Crippen LogP contribution in [0.15, 0.2) is 329 Å². The van der Waals surface area contributed by atoms with Gasteiger partial charge in [-0.05, 0) is 157 Å². The summed E-state index contributed by atoms with van der Waals surface area (Å²) < 4.78 is 72.2. The number of aromatic amines is 1. The van der Waals surface area contributed by atoms with Gasteiger partial charge in [-0.1, -0.05) is 157 Å². The smallest absolute Gasteiger partial charge is 0.307 e. The average molecular weight is 1950 g/mol. The summed E-state index contributed by atoms with van der Waals surface area (Å²) in [5.41, 5.74) is 13.4. The molecule has 0 aliphatic heterocycles. The maximum absolute atomic E-state index is 14.0. The van der Waals surface area contributed by atoms with Crippen LogP contribution in [0.3, 0.4) is 0 Å². The highest BCUT2D eigenvalue weighted by atomic mass is 35.5. The molecule has 0 saturated heterocycles. The highest BCUT2D eigenvalue weighted by Crippen LogP contribution is 2.41. The Labute approximate surface area is 815 Å². The van der Waals surface area contributed by atoms with Crippen molar-refractivity contribution < 1.29 is 56.7 Å². The van der Waals surface area contributed by atoms with Crippen molar-refractivity contribution in [1.29, 1.82) is 0 Å². The number of benzene rings is 11. The maximum atomic E-state index is 14.0. The van der Waals surface area contributed by atoms with Gasteiger partial charge in [0.1, 0.15) is 95.0 Å². The number of nitrogens with one attached hydrogen (secondary N) is 3. The Hall–Kier alpha value is -17.4. The zero-order chi connectivity index (χ0) is 98.6. The first kappa shape index (κ1) is 98.6. The van der Waals surface area contributed by atoms with E-state index in [2.05, 4.69) is 67.4 Å². The minimum absolute atomic E-state index is 0.0376. The number of rotatable bonds is 29. The predicted octanol–water partition coefficient (Wildman–Crippen LogP) is 23.0. The van der Waals surface area contributed by atoms with Gasteiger partial charge >= 0.3 is 11.4 Å². The molecule has 5 N–H and O–H groups in total. The Morgan fingerprint density at radius 2 is 0.764 bits per heavy atom. The molecule has 33 nitrogen and oxygen atoms in total. The normalized spacial score (nSPS) is 10.7. The quantitative estimate of drug-likeness (QED) is 0.0111.